The van der Waals surface area contributed by atoms with Gasteiger partial charge in [-0.3, -0.25) is 0 Å². The minimum atomic E-state index is -4.33. The van der Waals surface area contributed by atoms with Crippen LogP contribution in [0.4, 0.5) is 13.2 Å². The lowest BCUT2D eigenvalue weighted by Crippen LogP contribution is -2.51. The molecular formula is C16H20F3NO. The zero-order valence-corrected chi connectivity index (χ0v) is 12.0. The second kappa shape index (κ2) is 5.52. The summed E-state index contributed by atoms with van der Waals surface area (Å²) in [5.74, 6) is 0.370. The first-order valence-electron chi connectivity index (χ1n) is 7.53. The number of benzene rings is 1. The maximum absolute atomic E-state index is 12.9. The molecule has 1 aromatic rings. The lowest BCUT2D eigenvalue weighted by molar-refractivity contribution is -0.138. The largest absolute Gasteiger partial charge is 0.490 e. The van der Waals surface area contributed by atoms with Gasteiger partial charge >= 0.3 is 6.18 Å². The molecule has 3 rings (SSSR count). The molecule has 0 aliphatic carbocycles. The highest BCUT2D eigenvalue weighted by Crippen LogP contribution is 2.37. The Bertz CT molecular complexity index is 503. The third-order valence-electron chi connectivity index (χ3n) is 4.55. The fraction of sp³-hybridized carbons (Fsp3) is 0.625. The van der Waals surface area contributed by atoms with Gasteiger partial charge in [0.15, 0.2) is 0 Å². The molecule has 0 aromatic heterocycles. The Kier molecular flexibility index (Phi) is 3.86. The van der Waals surface area contributed by atoms with E-state index in [1.165, 1.54) is 19.4 Å². The van der Waals surface area contributed by atoms with Crippen LogP contribution >= 0.6 is 0 Å². The van der Waals surface area contributed by atoms with Gasteiger partial charge in [-0.15, -0.1) is 0 Å². The highest BCUT2D eigenvalue weighted by molar-refractivity contribution is 5.40. The molecule has 0 unspecified atom stereocenters. The van der Waals surface area contributed by atoms with Crippen LogP contribution in [-0.2, 0) is 6.18 Å². The molecule has 2 aliphatic rings. The third kappa shape index (κ3) is 3.18. The van der Waals surface area contributed by atoms with Crippen LogP contribution in [0.25, 0.3) is 0 Å². The predicted molar refractivity (Wildman–Crippen MR) is 74.4 cm³/mol. The zero-order chi connectivity index (χ0) is 15.0. The van der Waals surface area contributed by atoms with Gasteiger partial charge < -0.3 is 10.1 Å². The fourth-order valence-corrected chi connectivity index (χ4v) is 3.54. The van der Waals surface area contributed by atoms with E-state index in [-0.39, 0.29) is 11.7 Å². The van der Waals surface area contributed by atoms with E-state index in [4.69, 9.17) is 4.74 Å². The van der Waals surface area contributed by atoms with Gasteiger partial charge in [0, 0.05) is 17.6 Å². The van der Waals surface area contributed by atoms with Crippen molar-refractivity contribution in [2.24, 2.45) is 0 Å². The number of hydrogen-bond donors (Lipinski definition) is 1. The summed E-state index contributed by atoms with van der Waals surface area (Å²) in [6, 6.07) is 5.08. The van der Waals surface area contributed by atoms with Crippen molar-refractivity contribution in [1.29, 1.82) is 0 Å². The number of nitrogens with one attached hydrogen (secondary N) is 1. The van der Waals surface area contributed by atoms with Crippen molar-refractivity contribution in [3.8, 4) is 5.75 Å². The molecule has 5 heteroatoms. The molecule has 2 nitrogen and oxygen atoms in total. The Morgan fingerprint density at radius 2 is 1.81 bits per heavy atom. The third-order valence-corrected chi connectivity index (χ3v) is 4.55. The number of piperidine rings is 2. The molecule has 2 saturated heterocycles. The summed E-state index contributed by atoms with van der Waals surface area (Å²) in [4.78, 5) is 0. The van der Waals surface area contributed by atoms with Crippen molar-refractivity contribution in [3.63, 3.8) is 0 Å². The van der Waals surface area contributed by atoms with Crippen LogP contribution in [0.3, 0.4) is 0 Å². The molecule has 116 valence electrons. The summed E-state index contributed by atoms with van der Waals surface area (Å²) in [5.41, 5.74) is -0.414. The first-order valence-corrected chi connectivity index (χ1v) is 7.53. The quantitative estimate of drug-likeness (QED) is 0.889. The molecule has 2 fully saturated rings. The van der Waals surface area contributed by atoms with E-state index in [9.17, 15) is 13.2 Å². The van der Waals surface area contributed by atoms with E-state index >= 15 is 0 Å². The molecule has 2 aliphatic heterocycles. The number of hydrogen-bond acceptors (Lipinski definition) is 2. The topological polar surface area (TPSA) is 21.3 Å². The molecule has 1 aromatic carbocycles. The number of ether oxygens (including phenoxy) is 1. The highest BCUT2D eigenvalue weighted by Gasteiger charge is 2.35. The Morgan fingerprint density at radius 3 is 2.43 bits per heavy atom. The first kappa shape index (κ1) is 14.7. The molecule has 2 heterocycles. The lowest BCUT2D eigenvalue weighted by atomic mass is 9.85. The van der Waals surface area contributed by atoms with Crippen molar-refractivity contribution in [1.82, 2.24) is 5.32 Å². The number of alkyl halides is 3. The van der Waals surface area contributed by atoms with Crippen molar-refractivity contribution >= 4 is 0 Å². The van der Waals surface area contributed by atoms with E-state index in [0.717, 1.165) is 31.7 Å². The molecule has 0 saturated carbocycles. The summed E-state index contributed by atoms with van der Waals surface area (Å²) in [7, 11) is 0. The maximum Gasteiger partial charge on any atom is 0.416 e. The van der Waals surface area contributed by atoms with Crippen LogP contribution in [0.1, 0.15) is 43.2 Å². The lowest BCUT2D eigenvalue weighted by Gasteiger charge is -2.40. The fourth-order valence-electron chi connectivity index (χ4n) is 3.54. The molecule has 0 radical (unpaired) electrons. The second-order valence-electron chi connectivity index (χ2n) is 6.13. The van der Waals surface area contributed by atoms with Crippen molar-refractivity contribution in [2.45, 2.75) is 63.4 Å². The van der Waals surface area contributed by atoms with Gasteiger partial charge in [-0.05, 0) is 44.7 Å². The van der Waals surface area contributed by atoms with Gasteiger partial charge in [-0.1, -0.05) is 12.5 Å². The van der Waals surface area contributed by atoms with E-state index in [1.807, 2.05) is 0 Å². The smallest absolute Gasteiger partial charge is 0.416 e. The molecule has 0 amide bonds. The normalized spacial score (nSPS) is 29.2. The number of halogens is 3. The van der Waals surface area contributed by atoms with Crippen molar-refractivity contribution in [3.05, 3.63) is 29.3 Å². The van der Waals surface area contributed by atoms with E-state index in [1.54, 1.807) is 6.07 Å². The highest BCUT2D eigenvalue weighted by atomic mass is 19.4. The van der Waals surface area contributed by atoms with Crippen LogP contribution in [-0.4, -0.2) is 18.2 Å². The second-order valence-corrected chi connectivity index (χ2v) is 6.13. The standard InChI is InChI=1S/C16H20F3NO/c1-10-14(16(17,18)19)6-3-7-15(10)21-13-8-11-4-2-5-12(9-13)20-11/h3,6-7,11-13,20H,2,4-5,8-9H2,1H3/t11-,12+,13-. The summed E-state index contributed by atoms with van der Waals surface area (Å²) in [6.45, 7) is 1.49. The Balaban J connectivity index is 1.76. The van der Waals surface area contributed by atoms with Crippen LogP contribution in [0.5, 0.6) is 5.75 Å². The summed E-state index contributed by atoms with van der Waals surface area (Å²) >= 11 is 0. The van der Waals surface area contributed by atoms with E-state index < -0.39 is 11.7 Å². The average Bonchev–Trinajstić information content (AvgIpc) is 2.39. The van der Waals surface area contributed by atoms with Crippen LogP contribution in [0, 0.1) is 6.92 Å². The van der Waals surface area contributed by atoms with Gasteiger partial charge in [-0.2, -0.15) is 13.2 Å². The number of rotatable bonds is 2. The van der Waals surface area contributed by atoms with Crippen LogP contribution < -0.4 is 10.1 Å². The molecular weight excluding hydrogens is 279 g/mol. The van der Waals surface area contributed by atoms with Crippen LogP contribution in [0.15, 0.2) is 18.2 Å². The van der Waals surface area contributed by atoms with Gasteiger partial charge in [0.05, 0.1) is 5.56 Å². The first-order chi connectivity index (χ1) is 9.93. The predicted octanol–water partition coefficient (Wildman–Crippen LogP) is 4.07. The average molecular weight is 299 g/mol. The van der Waals surface area contributed by atoms with Crippen molar-refractivity contribution in [2.75, 3.05) is 0 Å². The Hall–Kier alpha value is -1.23. The van der Waals surface area contributed by atoms with Crippen molar-refractivity contribution < 1.29 is 17.9 Å². The molecule has 0 spiro atoms. The summed E-state index contributed by atoms with van der Waals surface area (Å²) in [6.07, 6.45) is 0.962. The van der Waals surface area contributed by atoms with Gasteiger partial charge in [0.1, 0.15) is 11.9 Å². The number of fused-ring (bicyclic) bond motifs is 2. The molecule has 1 N–H and O–H groups in total. The van der Waals surface area contributed by atoms with E-state index in [0.29, 0.717) is 17.8 Å². The Morgan fingerprint density at radius 1 is 1.14 bits per heavy atom. The minimum absolute atomic E-state index is 0.0173. The van der Waals surface area contributed by atoms with E-state index in [2.05, 4.69) is 5.32 Å². The summed E-state index contributed by atoms with van der Waals surface area (Å²) in [5, 5.41) is 3.56. The SMILES string of the molecule is Cc1c(O[C@@H]2C[C@H]3CCC[C@@H](C2)N3)cccc1C(F)(F)F. The van der Waals surface area contributed by atoms with Gasteiger partial charge in [0.2, 0.25) is 0 Å². The summed E-state index contributed by atoms with van der Waals surface area (Å²) < 4.78 is 44.7. The molecule has 21 heavy (non-hydrogen) atoms. The zero-order valence-electron chi connectivity index (χ0n) is 12.0. The Labute approximate surface area is 122 Å². The monoisotopic (exact) mass is 299 g/mol. The van der Waals surface area contributed by atoms with Gasteiger partial charge in [-0.25, -0.2) is 0 Å². The van der Waals surface area contributed by atoms with Gasteiger partial charge in [0.25, 0.3) is 0 Å². The maximum atomic E-state index is 12.9. The molecule has 2 bridgehead atoms. The van der Waals surface area contributed by atoms with Crippen LogP contribution in [0.2, 0.25) is 0 Å². The minimum Gasteiger partial charge on any atom is -0.490 e. The molecule has 3 atom stereocenters.